The molecule has 4 aliphatic carbocycles. The van der Waals surface area contributed by atoms with Gasteiger partial charge in [0.2, 0.25) is 0 Å². The molecule has 0 amide bonds. The lowest BCUT2D eigenvalue weighted by molar-refractivity contribution is -0.171. The maximum atomic E-state index is 12.4. The smallest absolute Gasteiger partial charge is 0.312 e. The number of fused-ring (bicyclic) bond motifs is 16. The van der Waals surface area contributed by atoms with Gasteiger partial charge in [-0.3, -0.25) is 28.8 Å². The van der Waals surface area contributed by atoms with Gasteiger partial charge in [0, 0.05) is 6.42 Å². The van der Waals surface area contributed by atoms with E-state index < -0.39 is 0 Å². The molecule has 14 saturated heterocycles. The third-order valence-electron chi connectivity index (χ3n) is 26.5. The van der Waals surface area contributed by atoms with Crippen molar-refractivity contribution in [3.05, 3.63) is 0 Å². The molecule has 0 aromatic heterocycles. The second-order valence-electron chi connectivity index (χ2n) is 35.9. The number of rotatable bonds is 12. The molecule has 4 saturated carbocycles. The summed E-state index contributed by atoms with van der Waals surface area (Å²) in [6.45, 7) is 32.8. The predicted molar refractivity (Wildman–Crippen MR) is 455 cm³/mol. The van der Waals surface area contributed by atoms with Gasteiger partial charge in [0.15, 0.2) is 0 Å². The Hall–Kier alpha value is -2.16. The molecule has 19 nitrogen and oxygen atoms in total. The minimum Gasteiger partial charge on any atom is -0.460 e. The number of carbonyl (C=O) groups excluding carboxylic acids is 6. The molecule has 25 heteroatoms. The van der Waals surface area contributed by atoms with Crippen molar-refractivity contribution in [1.82, 2.24) is 0 Å². The van der Waals surface area contributed by atoms with Gasteiger partial charge in [-0.05, 0) is 347 Å². The Labute approximate surface area is 683 Å². The van der Waals surface area contributed by atoms with Gasteiger partial charge in [0.1, 0.15) is 33.6 Å². The van der Waals surface area contributed by atoms with Crippen LogP contribution in [0.2, 0.25) is 39.3 Å². The van der Waals surface area contributed by atoms with Crippen molar-refractivity contribution in [2.24, 2.45) is 47.3 Å². The van der Waals surface area contributed by atoms with Crippen LogP contribution in [0.25, 0.3) is 0 Å². The highest BCUT2D eigenvalue weighted by atomic mass is 28.2. The summed E-state index contributed by atoms with van der Waals surface area (Å²) in [5.41, 5.74) is -1.64. The zero-order valence-corrected chi connectivity index (χ0v) is 85.2. The third-order valence-corrected chi connectivity index (χ3v) is 26.5. The van der Waals surface area contributed by atoms with Crippen LogP contribution in [0.5, 0.6) is 0 Å². The van der Waals surface area contributed by atoms with Crippen LogP contribution in [0.1, 0.15) is 294 Å². The van der Waals surface area contributed by atoms with Crippen LogP contribution in [-0.2, 0) is 90.3 Å². The highest BCUT2D eigenvalue weighted by Crippen LogP contribution is 2.54. The van der Waals surface area contributed by atoms with Crippen LogP contribution >= 0.6 is 0 Å². The second kappa shape index (κ2) is 43.5. The number of ether oxygens (including phenoxy) is 13. The summed E-state index contributed by atoms with van der Waals surface area (Å²) < 4.78 is 74.2. The van der Waals surface area contributed by atoms with Gasteiger partial charge >= 0.3 is 35.8 Å². The van der Waals surface area contributed by atoms with E-state index in [1.807, 2.05) is 48.5 Å². The lowest BCUT2D eigenvalue weighted by Gasteiger charge is -2.35. The van der Waals surface area contributed by atoms with E-state index in [9.17, 15) is 28.8 Å². The Bertz CT molecular complexity index is 2780. The lowest BCUT2D eigenvalue weighted by atomic mass is 9.84. The van der Waals surface area contributed by atoms with Gasteiger partial charge in [-0.25, -0.2) is 0 Å². The number of esters is 6. The standard InChI is InChI=1S/C15H22O3.C14H20O4.C14H22O3.C13H20O3.C12H20O3.C11H18O3.6CH6Si/c1-15(8-9-2-3-10(15)6-9)18-14(16)12-7-11-4-5-13(12)17-11;1-14(7-9-3-5-12(14)17-9)18-13(15)10-6-8-2-4-11(10)16-8;1-14(7-3-2-4-8-14)17-13(15)11-9-10-5-6-12(11)16-10;1-13(6-2-3-7-13)16-12(14)10-8-9-4-5-11(10)15-9;1-4-12(2,3)15-11(13)9-7-8-5-6-10(9)14-8;1-11(2,3)14-10(12)8-6-7-4-5-9(8)13-7;6*1-2/h9-13H,2-8H2,1H3;8-12H,2-7H2,1H3;10-12H,2-9H2,1H3;9-11H,2-8H2,1H3;8-10H,4-7H2,1-3H3;7-9H,4-6H2,1-3H3;6*1-2H3. The maximum Gasteiger partial charge on any atom is 0.312 e. The van der Waals surface area contributed by atoms with E-state index in [1.54, 1.807) is 0 Å². The molecule has 110 heavy (non-hydrogen) atoms. The SMILES string of the molecule is CC(C)(C)OC(=O)C1CC2CCC1O2.CC1(OC(=O)C2CC3CCC2O3)CC2CCC1C2.CC1(OC(=O)C2CC3CCC2O3)CC2CCC1O2.CC1(OC(=O)C2CC3CCC2O3)CCCC1.CC1(OC(=O)C2CC3CCC2O3)CCCCC1.CCC(C)(C)OC(=O)C1CC2CCC1O2.C[SiH3].C[SiH3].C[SiH3].C[SiH3].C[SiH3].C[SiH3]. The van der Waals surface area contributed by atoms with Crippen molar-refractivity contribution in [2.45, 2.75) is 452 Å². The zero-order valence-electron chi connectivity index (χ0n) is 73.2. The fraction of sp³-hybridized carbons (Fsp3) is 0.929. The van der Waals surface area contributed by atoms with E-state index in [2.05, 4.69) is 60.1 Å². The molecular weight excluding hydrogens is 1490 g/mol. The molecule has 24 atom stereocenters. The van der Waals surface area contributed by atoms with Crippen molar-refractivity contribution in [3.8, 4) is 0 Å². The van der Waals surface area contributed by atoms with Crippen LogP contribution in [0.15, 0.2) is 0 Å². The summed E-state index contributed by atoms with van der Waals surface area (Å²) in [6, 6.07) is 0. The molecule has 14 aliphatic heterocycles. The molecule has 0 aromatic carbocycles. The number of hydrogen-bond acceptors (Lipinski definition) is 19. The Balaban J connectivity index is 0.000000179. The van der Waals surface area contributed by atoms with E-state index in [1.165, 1.54) is 113 Å². The first-order chi connectivity index (χ1) is 52.6. The van der Waals surface area contributed by atoms with Gasteiger partial charge in [-0.15, -0.1) is 0 Å². The average Bonchev–Trinajstić information content (AvgIpc) is 1.61. The minimum absolute atomic E-state index is 0.00148. The molecule has 18 aliphatic rings. The van der Waals surface area contributed by atoms with Gasteiger partial charge < -0.3 is 61.6 Å². The zero-order chi connectivity index (χ0) is 81.1. The molecule has 0 N–H and O–H groups in total. The van der Waals surface area contributed by atoms with E-state index >= 15 is 0 Å². The van der Waals surface area contributed by atoms with Gasteiger partial charge in [-0.2, -0.15) is 0 Å². The monoisotopic (exact) mass is 1650 g/mol. The first-order valence-corrected chi connectivity index (χ1v) is 57.5. The Morgan fingerprint density at radius 1 is 0.327 bits per heavy atom. The first kappa shape index (κ1) is 95.0. The molecule has 16 bridgehead atoms. The summed E-state index contributed by atoms with van der Waals surface area (Å²) in [4.78, 5) is 72.6. The summed E-state index contributed by atoms with van der Waals surface area (Å²) in [6.07, 6.45) is 40.4. The highest BCUT2D eigenvalue weighted by molar-refractivity contribution is 6.06. The molecular formula is C85H158O19Si6. The summed E-state index contributed by atoms with van der Waals surface area (Å²) in [7, 11) is 7.83. The van der Waals surface area contributed by atoms with Crippen LogP contribution in [0.3, 0.4) is 0 Å². The number of carbonyl (C=O) groups is 6. The second-order valence-corrected chi connectivity index (χ2v) is 35.9. The van der Waals surface area contributed by atoms with E-state index in [4.69, 9.17) is 61.6 Å². The highest BCUT2D eigenvalue weighted by Gasteiger charge is 2.57. The molecule has 0 radical (unpaired) electrons. The molecule has 636 valence electrons. The molecule has 18 fully saturated rings. The van der Waals surface area contributed by atoms with Crippen molar-refractivity contribution >= 4 is 97.3 Å². The summed E-state index contributed by atoms with van der Waals surface area (Å²) in [5, 5.41) is 0. The quantitative estimate of drug-likeness (QED) is 0.101. The van der Waals surface area contributed by atoms with Crippen molar-refractivity contribution < 1.29 is 90.3 Å². The largest absolute Gasteiger partial charge is 0.460 e. The average molecular weight is 1650 g/mol. The fourth-order valence-corrected chi connectivity index (χ4v) is 20.7. The Morgan fingerprint density at radius 3 is 0.882 bits per heavy atom. The normalized spacial score (nSPS) is 39.1. The molecule has 0 aromatic rings. The summed E-state index contributed by atoms with van der Waals surface area (Å²) >= 11 is 0. The molecule has 14 heterocycles. The van der Waals surface area contributed by atoms with Crippen LogP contribution in [0.4, 0.5) is 0 Å². The van der Waals surface area contributed by atoms with E-state index in [0.717, 1.165) is 179 Å². The maximum absolute atomic E-state index is 12.4. The summed E-state index contributed by atoms with van der Waals surface area (Å²) in [5.74, 6) is 1.29. The number of hydrogen-bond donors (Lipinski definition) is 0. The van der Waals surface area contributed by atoms with E-state index in [0.29, 0.717) is 48.6 Å². The molecule has 24 unspecified atom stereocenters. The van der Waals surface area contributed by atoms with Crippen molar-refractivity contribution in [2.75, 3.05) is 0 Å². The Morgan fingerprint density at radius 2 is 0.627 bits per heavy atom. The van der Waals surface area contributed by atoms with Gasteiger partial charge in [-0.1, -0.05) is 52.6 Å². The third kappa shape index (κ3) is 25.0. The first-order valence-electron chi connectivity index (χ1n) is 45.5. The predicted octanol–water partition coefficient (Wildman–Crippen LogP) is 10.3. The van der Waals surface area contributed by atoms with Crippen LogP contribution in [0, 0.1) is 47.3 Å². The van der Waals surface area contributed by atoms with Crippen molar-refractivity contribution in [3.63, 3.8) is 0 Å². The lowest BCUT2D eigenvalue weighted by Crippen LogP contribution is -2.43. The van der Waals surface area contributed by atoms with Crippen molar-refractivity contribution in [1.29, 1.82) is 0 Å². The van der Waals surface area contributed by atoms with Crippen LogP contribution in [-0.4, -0.2) is 216 Å². The molecule has 18 rings (SSSR count). The van der Waals surface area contributed by atoms with E-state index in [-0.39, 0.29) is 148 Å². The topological polar surface area (TPSA) is 222 Å². The van der Waals surface area contributed by atoms with Gasteiger partial charge in [0.05, 0.1) is 121 Å². The van der Waals surface area contributed by atoms with Gasteiger partial charge in [0.25, 0.3) is 0 Å². The molecule has 0 spiro atoms. The minimum atomic E-state index is -0.387. The fourth-order valence-electron chi connectivity index (χ4n) is 20.7. The Kier molecular flexibility index (Phi) is 37.6. The van der Waals surface area contributed by atoms with Crippen LogP contribution < -0.4 is 0 Å².